The molecular weight excluding hydrogens is 552 g/mol. The average Bonchev–Trinajstić information content (AvgIpc) is 3.21. The molecule has 0 radical (unpaired) electrons. The summed E-state index contributed by atoms with van der Waals surface area (Å²) in [5.41, 5.74) is -0.877. The van der Waals surface area contributed by atoms with Crippen molar-refractivity contribution in [2.75, 3.05) is 13.7 Å². The Kier molecular flexibility index (Phi) is 10.3. The second-order valence-corrected chi connectivity index (χ2v) is 19.2. The van der Waals surface area contributed by atoms with Crippen molar-refractivity contribution in [1.29, 1.82) is 0 Å². The number of hydrogen-bond donors (Lipinski definition) is 1. The number of esters is 1. The molecule has 4 aliphatic rings. The van der Waals surface area contributed by atoms with E-state index < -0.39 is 31.9 Å². The van der Waals surface area contributed by atoms with E-state index in [0.717, 1.165) is 51.4 Å². The van der Waals surface area contributed by atoms with E-state index in [1.54, 1.807) is 4.90 Å². The lowest BCUT2D eigenvalue weighted by atomic mass is 9.92. The summed E-state index contributed by atoms with van der Waals surface area (Å²) in [5, 5.41) is 2.84. The van der Waals surface area contributed by atoms with Crippen LogP contribution < -0.4 is 5.32 Å². The zero-order chi connectivity index (χ0) is 30.7. The van der Waals surface area contributed by atoms with Gasteiger partial charge in [-0.25, -0.2) is 4.79 Å². The fourth-order valence-corrected chi connectivity index (χ4v) is 7.95. The Labute approximate surface area is 252 Å². The Morgan fingerprint density at radius 2 is 1.71 bits per heavy atom. The van der Waals surface area contributed by atoms with E-state index in [9.17, 15) is 19.2 Å². The molecule has 1 saturated heterocycles. The van der Waals surface area contributed by atoms with E-state index >= 15 is 0 Å². The van der Waals surface area contributed by atoms with Gasteiger partial charge in [-0.3, -0.25) is 14.4 Å². The minimum Gasteiger partial charge on any atom is -0.469 e. The summed E-state index contributed by atoms with van der Waals surface area (Å²) in [6, 6.07) is -1.51. The number of carbonyl (C=O) groups is 4. The molecule has 0 unspecified atom stereocenters. The fraction of sp³-hybridized carbons (Fsp3) is 0.812. The normalized spacial score (nSPS) is 32.3. The minimum atomic E-state index is -2.19. The van der Waals surface area contributed by atoms with E-state index in [4.69, 9.17) is 13.9 Å². The van der Waals surface area contributed by atoms with Gasteiger partial charge in [0.25, 0.3) is 0 Å². The molecule has 2 aliphatic carbocycles. The molecule has 2 saturated carbocycles. The average molecular weight is 605 g/mol. The van der Waals surface area contributed by atoms with Gasteiger partial charge in [0.2, 0.25) is 5.91 Å². The van der Waals surface area contributed by atoms with Crippen LogP contribution in [0, 0.1) is 11.3 Å². The summed E-state index contributed by atoms with van der Waals surface area (Å²) >= 11 is 0. The highest BCUT2D eigenvalue weighted by Crippen LogP contribution is 2.57. The number of ketones is 1. The number of alkyl carbamates (subject to hydrolysis) is 1. The zero-order valence-corrected chi connectivity index (χ0v) is 27.5. The molecule has 2 aliphatic heterocycles. The Morgan fingerprint density at radius 3 is 2.38 bits per heavy atom. The molecule has 10 heteroatoms. The molecule has 236 valence electrons. The van der Waals surface area contributed by atoms with Crippen LogP contribution >= 0.6 is 0 Å². The first kappa shape index (κ1) is 32.7. The predicted molar refractivity (Wildman–Crippen MR) is 162 cm³/mol. The third kappa shape index (κ3) is 7.47. The topological polar surface area (TPSA) is 111 Å². The van der Waals surface area contributed by atoms with Crippen LogP contribution in [0.15, 0.2) is 12.2 Å². The molecule has 0 aromatic carbocycles. The maximum Gasteiger partial charge on any atom is 0.408 e. The van der Waals surface area contributed by atoms with Gasteiger partial charge in [0, 0.05) is 19.4 Å². The summed E-state index contributed by atoms with van der Waals surface area (Å²) in [5.74, 6) is -0.823. The van der Waals surface area contributed by atoms with Gasteiger partial charge in [-0.15, -0.1) is 0 Å². The standard InChI is InChI=1S/C32H52N2O7Si/c1-31(2,3)42(5,6)41-24-18-26-27(35)20-32(29(37)39-4)19-22(32)14-10-8-7-9-11-17-25(28(36)34(26)21-24)33-30(38)40-23-15-12-13-16-23/h10,14,22-26H,7-9,11-13,15-21H2,1-6H3,(H,33,38)/b14-10-/t22-,24+,25-,26-,32+/m0/s1. The number of allylic oxidation sites excluding steroid dienone is 2. The summed E-state index contributed by atoms with van der Waals surface area (Å²) in [6.45, 7) is 11.1. The molecular formula is C32H52N2O7Si. The number of nitrogens with zero attached hydrogens (tertiary/aromatic N) is 1. The lowest BCUT2D eigenvalue weighted by molar-refractivity contribution is -0.150. The van der Waals surface area contributed by atoms with Crippen LogP contribution in [-0.4, -0.2) is 74.9 Å². The van der Waals surface area contributed by atoms with Gasteiger partial charge in [-0.1, -0.05) is 45.8 Å². The third-order valence-corrected chi connectivity index (χ3v) is 14.8. The van der Waals surface area contributed by atoms with Crippen molar-refractivity contribution < 1.29 is 33.1 Å². The fourth-order valence-electron chi connectivity index (χ4n) is 6.59. The minimum absolute atomic E-state index is 0.0256. The third-order valence-electron chi connectivity index (χ3n) is 10.3. The van der Waals surface area contributed by atoms with E-state index in [-0.39, 0.29) is 53.8 Å². The second-order valence-electron chi connectivity index (χ2n) is 14.4. The molecule has 2 amide bonds. The maximum absolute atomic E-state index is 14.2. The number of ether oxygens (including phenoxy) is 2. The van der Waals surface area contributed by atoms with Crippen molar-refractivity contribution in [2.24, 2.45) is 11.3 Å². The molecule has 9 nitrogen and oxygen atoms in total. The Balaban J connectivity index is 1.60. The molecule has 2 heterocycles. The van der Waals surface area contributed by atoms with Gasteiger partial charge in [0.15, 0.2) is 14.1 Å². The Morgan fingerprint density at radius 1 is 1.02 bits per heavy atom. The SMILES string of the molecule is COC(=O)[C@]12CC(=O)[C@@H]3C[C@@H](O[Si](C)(C)C(C)(C)C)CN3C(=O)[C@@H](NC(=O)OC3CCCC3)CCCCC/C=C\[C@H]1C2. The number of Topliss-reactive ketones (excluding diaryl/α,β-unsaturated/α-hetero) is 1. The van der Waals surface area contributed by atoms with Gasteiger partial charge >= 0.3 is 12.1 Å². The van der Waals surface area contributed by atoms with Crippen molar-refractivity contribution in [2.45, 2.75) is 140 Å². The van der Waals surface area contributed by atoms with Crippen molar-refractivity contribution in [3.63, 3.8) is 0 Å². The molecule has 0 spiro atoms. The van der Waals surface area contributed by atoms with Crippen LogP contribution in [0.4, 0.5) is 4.79 Å². The molecule has 42 heavy (non-hydrogen) atoms. The van der Waals surface area contributed by atoms with Crippen molar-refractivity contribution in [3.05, 3.63) is 12.2 Å². The summed E-state index contributed by atoms with van der Waals surface area (Å²) in [6.07, 6.45) is 11.9. The van der Waals surface area contributed by atoms with Crippen LogP contribution in [0.1, 0.15) is 97.8 Å². The van der Waals surface area contributed by atoms with Crippen molar-refractivity contribution in [1.82, 2.24) is 10.2 Å². The highest BCUT2D eigenvalue weighted by atomic mass is 28.4. The number of methoxy groups -OCH3 is 1. The zero-order valence-electron chi connectivity index (χ0n) is 26.5. The van der Waals surface area contributed by atoms with Crippen LogP contribution in [0.25, 0.3) is 0 Å². The smallest absolute Gasteiger partial charge is 0.408 e. The van der Waals surface area contributed by atoms with E-state index in [1.807, 2.05) is 0 Å². The molecule has 5 atom stereocenters. The number of nitrogens with one attached hydrogen (secondary N) is 1. The number of hydrogen-bond acceptors (Lipinski definition) is 7. The monoisotopic (exact) mass is 604 g/mol. The van der Waals surface area contributed by atoms with Gasteiger partial charge in [-0.05, 0) is 75.4 Å². The molecule has 0 aromatic rings. The summed E-state index contributed by atoms with van der Waals surface area (Å²) in [4.78, 5) is 55.7. The van der Waals surface area contributed by atoms with Gasteiger partial charge < -0.3 is 24.1 Å². The second kappa shape index (κ2) is 13.2. The van der Waals surface area contributed by atoms with Gasteiger partial charge in [-0.2, -0.15) is 0 Å². The van der Waals surface area contributed by atoms with E-state index in [0.29, 0.717) is 19.3 Å². The van der Waals surface area contributed by atoms with Gasteiger partial charge in [0.05, 0.1) is 24.7 Å². The highest BCUT2D eigenvalue weighted by Gasteiger charge is 2.61. The van der Waals surface area contributed by atoms with Crippen LogP contribution in [-0.2, 0) is 28.3 Å². The predicted octanol–water partition coefficient (Wildman–Crippen LogP) is 5.67. The quantitative estimate of drug-likeness (QED) is 0.244. The van der Waals surface area contributed by atoms with Crippen LogP contribution in [0.3, 0.4) is 0 Å². The van der Waals surface area contributed by atoms with E-state index in [2.05, 4.69) is 51.3 Å². The maximum atomic E-state index is 14.2. The highest BCUT2D eigenvalue weighted by molar-refractivity contribution is 6.74. The van der Waals surface area contributed by atoms with Crippen LogP contribution in [0.2, 0.25) is 18.1 Å². The molecule has 0 bridgehead atoms. The molecule has 0 aromatic heterocycles. The largest absolute Gasteiger partial charge is 0.469 e. The van der Waals surface area contributed by atoms with E-state index in [1.165, 1.54) is 7.11 Å². The number of amides is 2. The first-order valence-corrected chi connectivity index (χ1v) is 18.9. The molecule has 3 fully saturated rings. The summed E-state index contributed by atoms with van der Waals surface area (Å²) < 4.78 is 17.5. The lowest BCUT2D eigenvalue weighted by Gasteiger charge is -2.38. The number of fused-ring (bicyclic) bond motifs is 2. The molecule has 4 rings (SSSR count). The van der Waals surface area contributed by atoms with Gasteiger partial charge in [0.1, 0.15) is 12.1 Å². The summed E-state index contributed by atoms with van der Waals surface area (Å²) in [7, 11) is -0.822. The number of rotatable bonds is 5. The first-order valence-electron chi connectivity index (χ1n) is 16.0. The Hall–Kier alpha value is -2.20. The van der Waals surface area contributed by atoms with Crippen LogP contribution in [0.5, 0.6) is 0 Å². The Bertz CT molecular complexity index is 1050. The van der Waals surface area contributed by atoms with Crippen molar-refractivity contribution in [3.8, 4) is 0 Å². The lowest BCUT2D eigenvalue weighted by Crippen LogP contribution is -2.52. The van der Waals surface area contributed by atoms with Crippen molar-refractivity contribution >= 4 is 32.1 Å². The first-order chi connectivity index (χ1) is 19.8. The number of carbonyl (C=O) groups excluding carboxylic acids is 4. The molecule has 1 N–H and O–H groups in total.